The summed E-state index contributed by atoms with van der Waals surface area (Å²) in [4.78, 5) is 3.39. The second-order valence-electron chi connectivity index (χ2n) is 5.76. The Kier molecular flexibility index (Phi) is 3.51. The van der Waals surface area contributed by atoms with Crippen LogP contribution in [0.15, 0.2) is 66.9 Å². The summed E-state index contributed by atoms with van der Waals surface area (Å²) in [5.41, 5.74) is 3.55. The van der Waals surface area contributed by atoms with Crippen molar-refractivity contribution in [2.24, 2.45) is 0 Å². The molecule has 3 aromatic carbocycles. The highest BCUT2D eigenvalue weighted by Crippen LogP contribution is 2.38. The highest BCUT2D eigenvalue weighted by Gasteiger charge is 2.13. The summed E-state index contributed by atoms with van der Waals surface area (Å²) in [5.74, 6) is 0.952. The van der Waals surface area contributed by atoms with Crippen molar-refractivity contribution in [3.8, 4) is 16.9 Å². The van der Waals surface area contributed by atoms with E-state index in [0.717, 1.165) is 29.7 Å². The molecule has 0 aliphatic rings. The molecule has 0 atom stereocenters. The molecule has 4 rings (SSSR count). The van der Waals surface area contributed by atoms with Gasteiger partial charge in [0.1, 0.15) is 5.75 Å². The third-order valence-electron chi connectivity index (χ3n) is 4.21. The van der Waals surface area contributed by atoms with Crippen molar-refractivity contribution < 1.29 is 4.74 Å². The van der Waals surface area contributed by atoms with Crippen LogP contribution in [0.3, 0.4) is 0 Å². The first-order valence-corrected chi connectivity index (χ1v) is 8.09. The van der Waals surface area contributed by atoms with Gasteiger partial charge in [0.2, 0.25) is 0 Å². The van der Waals surface area contributed by atoms with Gasteiger partial charge in [0.15, 0.2) is 0 Å². The normalized spacial score (nSPS) is 11.2. The van der Waals surface area contributed by atoms with Crippen molar-refractivity contribution in [3.63, 3.8) is 0 Å². The minimum Gasteiger partial charge on any atom is -0.493 e. The number of aromatic nitrogens is 1. The van der Waals surface area contributed by atoms with Crippen LogP contribution < -0.4 is 4.74 Å². The highest BCUT2D eigenvalue weighted by atomic mass is 16.5. The van der Waals surface area contributed by atoms with E-state index in [1.54, 1.807) is 0 Å². The maximum Gasteiger partial charge on any atom is 0.129 e. The van der Waals surface area contributed by atoms with Gasteiger partial charge in [-0.15, -0.1) is 0 Å². The fourth-order valence-electron chi connectivity index (χ4n) is 3.16. The number of H-pyrrole nitrogens is 1. The molecule has 0 radical (unpaired) electrons. The third kappa shape index (κ3) is 2.36. The molecule has 0 saturated heterocycles. The van der Waals surface area contributed by atoms with E-state index >= 15 is 0 Å². The Hall–Kier alpha value is -2.74. The summed E-state index contributed by atoms with van der Waals surface area (Å²) in [7, 11) is 0. The molecule has 0 aliphatic heterocycles. The average Bonchev–Trinajstić information content (AvgIpc) is 3.04. The van der Waals surface area contributed by atoms with Crippen molar-refractivity contribution in [1.82, 2.24) is 4.98 Å². The molecule has 2 nitrogen and oxygen atoms in total. The van der Waals surface area contributed by atoms with E-state index in [0.29, 0.717) is 0 Å². The van der Waals surface area contributed by atoms with Gasteiger partial charge < -0.3 is 9.72 Å². The number of fused-ring (bicyclic) bond motifs is 2. The Labute approximate surface area is 135 Å². The molecule has 4 aromatic rings. The molecule has 0 fully saturated rings. The molecule has 0 amide bonds. The lowest BCUT2D eigenvalue weighted by molar-refractivity contribution is 0.321. The van der Waals surface area contributed by atoms with Gasteiger partial charge in [-0.3, -0.25) is 0 Å². The van der Waals surface area contributed by atoms with Crippen LogP contribution in [0.4, 0.5) is 0 Å². The lowest BCUT2D eigenvalue weighted by Gasteiger charge is -2.10. The number of aromatic amines is 1. The number of hydrogen-bond acceptors (Lipinski definition) is 1. The molecule has 2 heteroatoms. The van der Waals surface area contributed by atoms with Crippen LogP contribution in [0.2, 0.25) is 0 Å². The largest absolute Gasteiger partial charge is 0.493 e. The Bertz CT molecular complexity index is 963. The molecule has 114 valence electrons. The average molecular weight is 301 g/mol. The van der Waals surface area contributed by atoms with E-state index in [2.05, 4.69) is 72.7 Å². The van der Waals surface area contributed by atoms with E-state index < -0.39 is 0 Å². The number of benzene rings is 3. The van der Waals surface area contributed by atoms with Gasteiger partial charge in [0.05, 0.1) is 6.61 Å². The Balaban J connectivity index is 1.98. The van der Waals surface area contributed by atoms with Crippen LogP contribution in [0.1, 0.15) is 13.3 Å². The van der Waals surface area contributed by atoms with Crippen LogP contribution in [0, 0.1) is 0 Å². The summed E-state index contributed by atoms with van der Waals surface area (Å²) in [6.07, 6.45) is 3.09. The van der Waals surface area contributed by atoms with E-state index in [4.69, 9.17) is 4.74 Å². The molecule has 23 heavy (non-hydrogen) atoms. The van der Waals surface area contributed by atoms with Gasteiger partial charge in [0, 0.05) is 22.7 Å². The van der Waals surface area contributed by atoms with Crippen molar-refractivity contribution >= 4 is 21.7 Å². The van der Waals surface area contributed by atoms with Gasteiger partial charge >= 0.3 is 0 Å². The molecule has 1 aromatic heterocycles. The third-order valence-corrected chi connectivity index (χ3v) is 4.21. The summed E-state index contributed by atoms with van der Waals surface area (Å²) < 4.78 is 5.98. The second-order valence-corrected chi connectivity index (χ2v) is 5.76. The molecule has 0 unspecified atom stereocenters. The zero-order chi connectivity index (χ0) is 15.6. The van der Waals surface area contributed by atoms with Crippen LogP contribution in [-0.4, -0.2) is 11.6 Å². The standard InChI is InChI=1S/C21H19NO/c1-2-13-23-20-12-6-11-19-21(20)18(14-22-19)17-10-5-8-15-7-3-4-9-16(15)17/h3-12,14,22H,2,13H2,1H3. The maximum absolute atomic E-state index is 5.98. The Morgan fingerprint density at radius 3 is 2.61 bits per heavy atom. The molecule has 0 saturated carbocycles. The summed E-state index contributed by atoms with van der Waals surface area (Å²) >= 11 is 0. The van der Waals surface area contributed by atoms with E-state index in [-0.39, 0.29) is 0 Å². The van der Waals surface area contributed by atoms with E-state index in [1.807, 2.05) is 6.07 Å². The van der Waals surface area contributed by atoms with Gasteiger partial charge in [-0.25, -0.2) is 0 Å². The predicted molar refractivity (Wildman–Crippen MR) is 97.0 cm³/mol. The van der Waals surface area contributed by atoms with Crippen LogP contribution in [0.5, 0.6) is 5.75 Å². The molecule has 1 N–H and O–H groups in total. The number of rotatable bonds is 4. The Morgan fingerprint density at radius 1 is 0.870 bits per heavy atom. The fraction of sp³-hybridized carbons (Fsp3) is 0.143. The smallest absolute Gasteiger partial charge is 0.129 e. The fourth-order valence-corrected chi connectivity index (χ4v) is 3.16. The lowest BCUT2D eigenvalue weighted by Crippen LogP contribution is -1.95. The van der Waals surface area contributed by atoms with Crippen LogP contribution in [0.25, 0.3) is 32.8 Å². The summed E-state index contributed by atoms with van der Waals surface area (Å²) in [6, 6.07) is 21.2. The molecule has 0 spiro atoms. The second kappa shape index (κ2) is 5.81. The molecular formula is C21H19NO. The molecular weight excluding hydrogens is 282 g/mol. The minimum absolute atomic E-state index is 0.735. The first-order valence-electron chi connectivity index (χ1n) is 8.09. The monoisotopic (exact) mass is 301 g/mol. The Morgan fingerprint density at radius 2 is 1.70 bits per heavy atom. The SMILES string of the molecule is CCCOc1cccc2[nH]cc(-c3cccc4ccccc34)c12. The lowest BCUT2D eigenvalue weighted by atomic mass is 9.97. The maximum atomic E-state index is 5.98. The quantitative estimate of drug-likeness (QED) is 0.508. The molecule has 0 aliphatic carbocycles. The minimum atomic E-state index is 0.735. The molecule has 0 bridgehead atoms. The number of hydrogen-bond donors (Lipinski definition) is 1. The predicted octanol–water partition coefficient (Wildman–Crippen LogP) is 5.78. The van der Waals surface area contributed by atoms with Crippen molar-refractivity contribution in [1.29, 1.82) is 0 Å². The van der Waals surface area contributed by atoms with Gasteiger partial charge in [-0.05, 0) is 34.9 Å². The number of nitrogens with one attached hydrogen (secondary N) is 1. The first kappa shape index (κ1) is 13.9. The van der Waals surface area contributed by atoms with Crippen LogP contribution in [-0.2, 0) is 0 Å². The van der Waals surface area contributed by atoms with Gasteiger partial charge in [-0.1, -0.05) is 55.5 Å². The highest BCUT2D eigenvalue weighted by molar-refractivity contribution is 6.07. The van der Waals surface area contributed by atoms with E-state index in [1.165, 1.54) is 21.9 Å². The topological polar surface area (TPSA) is 25.0 Å². The van der Waals surface area contributed by atoms with Gasteiger partial charge in [0.25, 0.3) is 0 Å². The zero-order valence-corrected chi connectivity index (χ0v) is 13.2. The summed E-state index contributed by atoms with van der Waals surface area (Å²) in [6.45, 7) is 2.86. The first-order chi connectivity index (χ1) is 11.4. The van der Waals surface area contributed by atoms with E-state index in [9.17, 15) is 0 Å². The molecule has 1 heterocycles. The van der Waals surface area contributed by atoms with Crippen molar-refractivity contribution in [2.75, 3.05) is 6.61 Å². The summed E-state index contributed by atoms with van der Waals surface area (Å²) in [5, 5.41) is 3.69. The number of ether oxygens (including phenoxy) is 1. The van der Waals surface area contributed by atoms with Gasteiger partial charge in [-0.2, -0.15) is 0 Å². The van der Waals surface area contributed by atoms with Crippen molar-refractivity contribution in [2.45, 2.75) is 13.3 Å². The van der Waals surface area contributed by atoms with Crippen molar-refractivity contribution in [3.05, 3.63) is 66.9 Å². The zero-order valence-electron chi connectivity index (χ0n) is 13.2. The van der Waals surface area contributed by atoms with Crippen LogP contribution >= 0.6 is 0 Å².